The Labute approximate surface area is 90.7 Å². The van der Waals surface area contributed by atoms with Crippen molar-refractivity contribution < 1.29 is 4.52 Å². The van der Waals surface area contributed by atoms with Gasteiger partial charge in [0.05, 0.1) is 12.2 Å². The van der Waals surface area contributed by atoms with Crippen LogP contribution in [0, 0.1) is 6.92 Å². The number of hydrogen-bond donors (Lipinski definition) is 1. The highest BCUT2D eigenvalue weighted by Crippen LogP contribution is 2.27. The van der Waals surface area contributed by atoms with Crippen molar-refractivity contribution >= 4 is 28.6 Å². The van der Waals surface area contributed by atoms with Crippen LogP contribution in [0.3, 0.4) is 0 Å². The Bertz CT molecular complexity index is 424. The zero-order valence-corrected chi connectivity index (χ0v) is 9.15. The van der Waals surface area contributed by atoms with Gasteiger partial charge in [0.15, 0.2) is 0 Å². The Hall–Kier alpha value is -1.00. The molecule has 1 N–H and O–H groups in total. The summed E-state index contributed by atoms with van der Waals surface area (Å²) in [7, 11) is 0. The summed E-state index contributed by atoms with van der Waals surface area (Å²) in [4.78, 5) is 0. The fourth-order valence-corrected chi connectivity index (χ4v) is 1.98. The molecule has 2 rings (SSSR count). The van der Waals surface area contributed by atoms with Gasteiger partial charge in [-0.1, -0.05) is 16.8 Å². The molecule has 14 heavy (non-hydrogen) atoms. The fraction of sp³-hybridized carbons (Fsp3) is 0.222. The molecule has 74 valence electrons. The molecule has 2 aromatic heterocycles. The van der Waals surface area contributed by atoms with Gasteiger partial charge in [-0.2, -0.15) is 0 Å². The summed E-state index contributed by atoms with van der Waals surface area (Å²) in [5, 5.41) is 8.99. The second kappa shape index (κ2) is 4.02. The highest BCUT2D eigenvalue weighted by Gasteiger charge is 2.03. The highest BCUT2D eigenvalue weighted by molar-refractivity contribution is 7.15. The van der Waals surface area contributed by atoms with Gasteiger partial charge in [0.1, 0.15) is 15.8 Å². The molecule has 0 aliphatic heterocycles. The number of hydrogen-bond acceptors (Lipinski definition) is 4. The van der Waals surface area contributed by atoms with Gasteiger partial charge in [0.2, 0.25) is 0 Å². The van der Waals surface area contributed by atoms with Gasteiger partial charge in [0.25, 0.3) is 0 Å². The molecule has 0 atom stereocenters. The van der Waals surface area contributed by atoms with E-state index in [1.807, 2.05) is 24.4 Å². The first-order valence-electron chi connectivity index (χ1n) is 4.15. The lowest BCUT2D eigenvalue weighted by molar-refractivity contribution is 0.391. The van der Waals surface area contributed by atoms with Crippen LogP contribution in [-0.4, -0.2) is 5.16 Å². The maximum absolute atomic E-state index is 5.92. The average Bonchev–Trinajstić information content (AvgIpc) is 2.72. The van der Waals surface area contributed by atoms with Gasteiger partial charge in [0, 0.05) is 6.07 Å². The molecule has 0 spiro atoms. The molecule has 2 aromatic rings. The minimum Gasteiger partial charge on any atom is -0.377 e. The number of halogens is 1. The van der Waals surface area contributed by atoms with Crippen LogP contribution < -0.4 is 5.32 Å². The molecular weight excluding hydrogens is 220 g/mol. The van der Waals surface area contributed by atoms with E-state index >= 15 is 0 Å². The molecule has 3 nitrogen and oxygen atoms in total. The van der Waals surface area contributed by atoms with Gasteiger partial charge in [-0.05, 0) is 18.4 Å². The number of anilines is 1. The smallest absolute Gasteiger partial charge is 0.133 e. The third-order valence-corrected chi connectivity index (χ3v) is 2.92. The van der Waals surface area contributed by atoms with Crippen LogP contribution in [0.25, 0.3) is 0 Å². The molecule has 0 aliphatic carbocycles. The number of rotatable bonds is 3. The number of nitrogens with zero attached hydrogens (tertiary/aromatic N) is 1. The Kier molecular flexibility index (Phi) is 2.74. The van der Waals surface area contributed by atoms with Gasteiger partial charge in [-0.15, -0.1) is 11.3 Å². The third-order valence-electron chi connectivity index (χ3n) is 1.75. The summed E-state index contributed by atoms with van der Waals surface area (Å²) in [5.41, 5.74) is 1.82. The largest absolute Gasteiger partial charge is 0.377 e. The molecule has 0 saturated carbocycles. The number of nitrogens with one attached hydrogen (secondary N) is 1. The molecule has 2 heterocycles. The van der Waals surface area contributed by atoms with Gasteiger partial charge >= 0.3 is 0 Å². The predicted molar refractivity (Wildman–Crippen MR) is 57.9 cm³/mol. The minimum absolute atomic E-state index is 0.633. The normalized spacial score (nSPS) is 10.4. The van der Waals surface area contributed by atoms with Crippen LogP contribution in [0.2, 0.25) is 4.34 Å². The number of thiophene rings is 1. The summed E-state index contributed by atoms with van der Waals surface area (Å²) >= 11 is 7.43. The lowest BCUT2D eigenvalue weighted by atomic mass is 10.3. The highest BCUT2D eigenvalue weighted by atomic mass is 35.5. The van der Waals surface area contributed by atoms with E-state index in [1.54, 1.807) is 0 Å². The Balaban J connectivity index is 1.98. The molecule has 0 saturated heterocycles. The van der Waals surface area contributed by atoms with E-state index in [4.69, 9.17) is 16.1 Å². The third kappa shape index (κ3) is 2.08. The second-order valence-corrected chi connectivity index (χ2v) is 4.41. The van der Waals surface area contributed by atoms with Crippen molar-refractivity contribution in [2.45, 2.75) is 13.5 Å². The van der Waals surface area contributed by atoms with E-state index in [1.165, 1.54) is 11.3 Å². The monoisotopic (exact) mass is 228 g/mol. The first-order valence-corrected chi connectivity index (χ1v) is 5.40. The van der Waals surface area contributed by atoms with Crippen molar-refractivity contribution in [3.8, 4) is 0 Å². The standard InChI is InChI=1S/C9H9ClN2OS/c1-6-4-7(12-13-6)5-11-8-2-3-14-9(8)10/h2-4,11H,5H2,1H3. The Morgan fingerprint density at radius 2 is 2.50 bits per heavy atom. The SMILES string of the molecule is Cc1cc(CNc2ccsc2Cl)no1. The summed E-state index contributed by atoms with van der Waals surface area (Å²) < 4.78 is 5.71. The van der Waals surface area contributed by atoms with Crippen molar-refractivity contribution in [2.24, 2.45) is 0 Å². The molecular formula is C9H9ClN2OS. The van der Waals surface area contributed by atoms with Crippen LogP contribution in [-0.2, 0) is 6.54 Å². The van der Waals surface area contributed by atoms with E-state index in [-0.39, 0.29) is 0 Å². The zero-order valence-electron chi connectivity index (χ0n) is 7.58. The Morgan fingerprint density at radius 3 is 3.07 bits per heavy atom. The van der Waals surface area contributed by atoms with Gasteiger partial charge < -0.3 is 9.84 Å². The van der Waals surface area contributed by atoms with E-state index in [9.17, 15) is 0 Å². The molecule has 0 unspecified atom stereocenters. The molecule has 5 heteroatoms. The van der Waals surface area contributed by atoms with Crippen LogP contribution >= 0.6 is 22.9 Å². The molecule has 0 aromatic carbocycles. The lowest BCUT2D eigenvalue weighted by Crippen LogP contribution is -1.98. The van der Waals surface area contributed by atoms with Crippen molar-refractivity contribution in [3.63, 3.8) is 0 Å². The Morgan fingerprint density at radius 1 is 1.64 bits per heavy atom. The summed E-state index contributed by atoms with van der Waals surface area (Å²) in [6.07, 6.45) is 0. The van der Waals surface area contributed by atoms with E-state index in [2.05, 4.69) is 10.5 Å². The van der Waals surface area contributed by atoms with Gasteiger partial charge in [-0.3, -0.25) is 0 Å². The zero-order chi connectivity index (χ0) is 9.97. The number of aryl methyl sites for hydroxylation is 1. The summed E-state index contributed by atoms with van der Waals surface area (Å²) in [5.74, 6) is 0.818. The second-order valence-electron chi connectivity index (χ2n) is 2.89. The molecule has 0 amide bonds. The fourth-order valence-electron chi connectivity index (χ4n) is 1.11. The summed E-state index contributed by atoms with van der Waals surface area (Å²) in [6, 6.07) is 3.84. The first kappa shape index (κ1) is 9.55. The first-order chi connectivity index (χ1) is 6.75. The van der Waals surface area contributed by atoms with Gasteiger partial charge in [-0.25, -0.2) is 0 Å². The maximum Gasteiger partial charge on any atom is 0.133 e. The van der Waals surface area contributed by atoms with E-state index in [0.717, 1.165) is 21.5 Å². The molecule has 0 fully saturated rings. The number of aromatic nitrogens is 1. The minimum atomic E-state index is 0.633. The maximum atomic E-state index is 5.92. The van der Waals surface area contributed by atoms with Crippen LogP contribution in [0.5, 0.6) is 0 Å². The predicted octanol–water partition coefficient (Wildman–Crippen LogP) is 3.31. The molecule has 0 radical (unpaired) electrons. The van der Waals surface area contributed by atoms with Crippen LogP contribution in [0.15, 0.2) is 22.0 Å². The lowest BCUT2D eigenvalue weighted by Gasteiger charge is -2.00. The molecule has 0 aliphatic rings. The molecule has 0 bridgehead atoms. The van der Waals surface area contributed by atoms with Crippen LogP contribution in [0.4, 0.5) is 5.69 Å². The quantitative estimate of drug-likeness (QED) is 0.876. The van der Waals surface area contributed by atoms with Crippen molar-refractivity contribution in [1.82, 2.24) is 5.16 Å². The van der Waals surface area contributed by atoms with Crippen LogP contribution in [0.1, 0.15) is 11.5 Å². The van der Waals surface area contributed by atoms with Crippen molar-refractivity contribution in [2.75, 3.05) is 5.32 Å². The average molecular weight is 229 g/mol. The van der Waals surface area contributed by atoms with Crippen molar-refractivity contribution in [1.29, 1.82) is 0 Å². The topological polar surface area (TPSA) is 38.1 Å². The van der Waals surface area contributed by atoms with E-state index < -0.39 is 0 Å². The van der Waals surface area contributed by atoms with Crippen molar-refractivity contribution in [3.05, 3.63) is 33.3 Å². The summed E-state index contributed by atoms with van der Waals surface area (Å²) in [6.45, 7) is 2.50. The van der Waals surface area contributed by atoms with E-state index in [0.29, 0.717) is 6.54 Å².